The minimum atomic E-state index is 0.463. The van der Waals surface area contributed by atoms with E-state index in [4.69, 9.17) is 4.74 Å². The summed E-state index contributed by atoms with van der Waals surface area (Å²) in [4.78, 5) is 2.56. The fourth-order valence-electron chi connectivity index (χ4n) is 2.79. The summed E-state index contributed by atoms with van der Waals surface area (Å²) < 4.78 is 6.16. The average Bonchev–Trinajstić information content (AvgIpc) is 3.12. The second-order valence-corrected chi connectivity index (χ2v) is 5.98. The van der Waals surface area contributed by atoms with Crippen LogP contribution in [-0.4, -0.2) is 48.8 Å². The van der Waals surface area contributed by atoms with Crippen molar-refractivity contribution in [2.75, 3.05) is 19.6 Å². The largest absolute Gasteiger partial charge is 0.372 e. The third-order valence-electron chi connectivity index (χ3n) is 4.47. The van der Waals surface area contributed by atoms with E-state index in [0.29, 0.717) is 18.2 Å². The fourth-order valence-corrected chi connectivity index (χ4v) is 2.79. The zero-order valence-electron chi connectivity index (χ0n) is 12.3. The monoisotopic (exact) mass is 254 g/mol. The highest BCUT2D eigenvalue weighted by molar-refractivity contribution is 4.85. The topological polar surface area (TPSA) is 24.5 Å². The van der Waals surface area contributed by atoms with Crippen molar-refractivity contribution in [2.24, 2.45) is 0 Å². The molecule has 0 aromatic heterocycles. The van der Waals surface area contributed by atoms with Crippen LogP contribution in [0.4, 0.5) is 0 Å². The zero-order chi connectivity index (χ0) is 13.0. The summed E-state index contributed by atoms with van der Waals surface area (Å²) in [5.41, 5.74) is 0. The normalized spacial score (nSPS) is 30.0. The molecule has 3 unspecified atom stereocenters. The summed E-state index contributed by atoms with van der Waals surface area (Å²) in [5, 5.41) is 3.58. The van der Waals surface area contributed by atoms with E-state index in [1.54, 1.807) is 0 Å². The van der Waals surface area contributed by atoms with Crippen molar-refractivity contribution in [1.82, 2.24) is 10.2 Å². The van der Waals surface area contributed by atoms with Gasteiger partial charge in [-0.3, -0.25) is 4.90 Å². The van der Waals surface area contributed by atoms with Crippen LogP contribution in [0, 0.1) is 0 Å². The van der Waals surface area contributed by atoms with Gasteiger partial charge < -0.3 is 10.1 Å². The molecule has 0 aromatic carbocycles. The molecule has 2 aliphatic rings. The molecule has 0 spiro atoms. The van der Waals surface area contributed by atoms with Gasteiger partial charge in [0.2, 0.25) is 0 Å². The highest BCUT2D eigenvalue weighted by Gasteiger charge is 2.29. The quantitative estimate of drug-likeness (QED) is 0.720. The second kappa shape index (κ2) is 6.88. The molecular weight excluding hydrogens is 224 g/mol. The molecule has 0 amide bonds. The molecule has 106 valence electrons. The minimum Gasteiger partial charge on any atom is -0.372 e. The van der Waals surface area contributed by atoms with Crippen LogP contribution in [0.2, 0.25) is 0 Å². The summed E-state index contributed by atoms with van der Waals surface area (Å²) in [6.45, 7) is 10.2. The molecule has 3 atom stereocenters. The highest BCUT2D eigenvalue weighted by atomic mass is 16.5. The Morgan fingerprint density at radius 3 is 2.50 bits per heavy atom. The van der Waals surface area contributed by atoms with Gasteiger partial charge in [-0.15, -0.1) is 0 Å². The van der Waals surface area contributed by atoms with Gasteiger partial charge >= 0.3 is 0 Å². The van der Waals surface area contributed by atoms with Crippen LogP contribution >= 0.6 is 0 Å². The maximum absolute atomic E-state index is 6.16. The summed E-state index contributed by atoms with van der Waals surface area (Å²) in [6, 6.07) is 1.49. The number of nitrogens with one attached hydrogen (secondary N) is 1. The third-order valence-corrected chi connectivity index (χ3v) is 4.47. The smallest absolute Gasteiger partial charge is 0.0707 e. The van der Waals surface area contributed by atoms with Gasteiger partial charge in [0.05, 0.1) is 12.2 Å². The molecule has 2 fully saturated rings. The van der Waals surface area contributed by atoms with Crippen molar-refractivity contribution < 1.29 is 4.74 Å². The lowest BCUT2D eigenvalue weighted by atomic mass is 10.1. The first-order valence-corrected chi connectivity index (χ1v) is 7.85. The van der Waals surface area contributed by atoms with Crippen molar-refractivity contribution in [3.63, 3.8) is 0 Å². The zero-order valence-corrected chi connectivity index (χ0v) is 12.3. The van der Waals surface area contributed by atoms with Gasteiger partial charge in [-0.2, -0.15) is 0 Å². The molecule has 1 aliphatic heterocycles. The summed E-state index contributed by atoms with van der Waals surface area (Å²) in [6.07, 6.45) is 7.37. The molecule has 1 aliphatic carbocycles. The van der Waals surface area contributed by atoms with E-state index in [9.17, 15) is 0 Å². The Morgan fingerprint density at radius 1 is 1.17 bits per heavy atom. The van der Waals surface area contributed by atoms with Gasteiger partial charge in [0.1, 0.15) is 0 Å². The van der Waals surface area contributed by atoms with Crippen molar-refractivity contribution in [3.8, 4) is 0 Å². The average molecular weight is 254 g/mol. The van der Waals surface area contributed by atoms with Gasteiger partial charge in [0.15, 0.2) is 0 Å². The van der Waals surface area contributed by atoms with Crippen LogP contribution in [0.25, 0.3) is 0 Å². The Morgan fingerprint density at radius 2 is 1.89 bits per heavy atom. The van der Waals surface area contributed by atoms with Gasteiger partial charge in [-0.05, 0) is 45.6 Å². The Bertz CT molecular complexity index is 243. The van der Waals surface area contributed by atoms with E-state index in [1.165, 1.54) is 32.1 Å². The number of hydrogen-bond donors (Lipinski definition) is 1. The Labute approximate surface area is 112 Å². The third kappa shape index (κ3) is 4.22. The van der Waals surface area contributed by atoms with Crippen molar-refractivity contribution in [1.29, 1.82) is 0 Å². The molecule has 0 aromatic rings. The van der Waals surface area contributed by atoms with Crippen LogP contribution in [0.15, 0.2) is 0 Å². The van der Waals surface area contributed by atoms with Crippen LogP contribution in [0.1, 0.15) is 52.9 Å². The lowest BCUT2D eigenvalue weighted by Crippen LogP contribution is -2.39. The van der Waals surface area contributed by atoms with E-state index in [1.807, 2.05) is 0 Å². The molecule has 0 radical (unpaired) electrons. The molecule has 3 nitrogen and oxygen atoms in total. The van der Waals surface area contributed by atoms with E-state index in [2.05, 4.69) is 31.0 Å². The molecule has 0 bridgehead atoms. The predicted molar refractivity (Wildman–Crippen MR) is 75.9 cm³/mol. The SMILES string of the molecule is CCC(C)N(CC)CC1CCC(CNC2CC2)O1. The lowest BCUT2D eigenvalue weighted by Gasteiger charge is -2.29. The molecule has 1 saturated carbocycles. The molecular formula is C15H30N2O. The van der Waals surface area contributed by atoms with Crippen molar-refractivity contribution in [3.05, 3.63) is 0 Å². The standard InChI is InChI=1S/C15H30N2O/c1-4-12(3)17(5-2)11-15-9-8-14(18-15)10-16-13-6-7-13/h12-16H,4-11H2,1-3H3. The number of likely N-dealkylation sites (N-methyl/N-ethyl adjacent to an activating group) is 1. The first-order valence-electron chi connectivity index (χ1n) is 7.85. The minimum absolute atomic E-state index is 0.463. The van der Waals surface area contributed by atoms with Crippen LogP contribution in [0.5, 0.6) is 0 Å². The van der Waals surface area contributed by atoms with E-state index in [0.717, 1.165) is 25.7 Å². The molecule has 3 heteroatoms. The van der Waals surface area contributed by atoms with Crippen LogP contribution < -0.4 is 5.32 Å². The van der Waals surface area contributed by atoms with Crippen LogP contribution in [-0.2, 0) is 4.74 Å². The molecule has 18 heavy (non-hydrogen) atoms. The summed E-state index contributed by atoms with van der Waals surface area (Å²) in [5.74, 6) is 0. The number of nitrogens with zero attached hydrogens (tertiary/aromatic N) is 1. The Hall–Kier alpha value is -0.120. The van der Waals surface area contributed by atoms with E-state index >= 15 is 0 Å². The fraction of sp³-hybridized carbons (Fsp3) is 1.00. The maximum atomic E-state index is 6.16. The van der Waals surface area contributed by atoms with Gasteiger partial charge in [-0.1, -0.05) is 13.8 Å². The van der Waals surface area contributed by atoms with Crippen molar-refractivity contribution in [2.45, 2.75) is 77.2 Å². The van der Waals surface area contributed by atoms with E-state index in [-0.39, 0.29) is 0 Å². The summed E-state index contributed by atoms with van der Waals surface area (Å²) >= 11 is 0. The highest BCUT2D eigenvalue weighted by Crippen LogP contribution is 2.23. The maximum Gasteiger partial charge on any atom is 0.0707 e. The Balaban J connectivity index is 1.66. The molecule has 1 heterocycles. The van der Waals surface area contributed by atoms with E-state index < -0.39 is 0 Å². The lowest BCUT2D eigenvalue weighted by molar-refractivity contribution is 0.0166. The first-order chi connectivity index (χ1) is 8.72. The molecule has 2 rings (SSSR count). The molecule has 1 N–H and O–H groups in total. The second-order valence-electron chi connectivity index (χ2n) is 5.98. The molecule has 1 saturated heterocycles. The summed E-state index contributed by atoms with van der Waals surface area (Å²) in [7, 11) is 0. The number of ether oxygens (including phenoxy) is 1. The predicted octanol–water partition coefficient (Wildman–Crippen LogP) is 2.41. The Kier molecular flexibility index (Phi) is 5.46. The van der Waals surface area contributed by atoms with Gasteiger partial charge in [-0.25, -0.2) is 0 Å². The first kappa shape index (κ1) is 14.3. The van der Waals surface area contributed by atoms with Gasteiger partial charge in [0.25, 0.3) is 0 Å². The number of hydrogen-bond acceptors (Lipinski definition) is 3. The van der Waals surface area contributed by atoms with Crippen LogP contribution in [0.3, 0.4) is 0 Å². The van der Waals surface area contributed by atoms with Gasteiger partial charge in [0, 0.05) is 25.2 Å². The number of rotatable bonds is 8. The van der Waals surface area contributed by atoms with Crippen molar-refractivity contribution >= 4 is 0 Å².